The van der Waals surface area contributed by atoms with E-state index >= 15 is 0 Å². The predicted octanol–water partition coefficient (Wildman–Crippen LogP) is 1.24. The summed E-state index contributed by atoms with van der Waals surface area (Å²) in [5.41, 5.74) is 0. The van der Waals surface area contributed by atoms with E-state index in [1.807, 2.05) is 0 Å². The molecule has 0 saturated heterocycles. The molecule has 1 fully saturated rings. The smallest absolute Gasteiger partial charge is 0.211 e. The topological polar surface area (TPSA) is 60.2 Å². The first-order valence-corrected chi connectivity index (χ1v) is 6.14. The van der Waals surface area contributed by atoms with Gasteiger partial charge in [0, 0.05) is 0 Å². The lowest BCUT2D eigenvalue weighted by Gasteiger charge is -2.25. The van der Waals surface area contributed by atoms with Gasteiger partial charge in [-0.3, -0.25) is 0 Å². The minimum absolute atomic E-state index is 0.300. The van der Waals surface area contributed by atoms with E-state index in [-0.39, 0.29) is 5.25 Å². The van der Waals surface area contributed by atoms with E-state index < -0.39 is 10.0 Å². The number of primary sulfonamides is 1. The lowest BCUT2D eigenvalue weighted by atomic mass is 9.87. The van der Waals surface area contributed by atoms with Crippen molar-refractivity contribution in [3.63, 3.8) is 0 Å². The Bertz CT molecular complexity index is 229. The van der Waals surface area contributed by atoms with Crippen molar-refractivity contribution in [1.29, 1.82) is 0 Å². The van der Waals surface area contributed by atoms with Crippen LogP contribution in [-0.4, -0.2) is 13.7 Å². The van der Waals surface area contributed by atoms with Gasteiger partial charge in [0.25, 0.3) is 0 Å². The van der Waals surface area contributed by atoms with Crippen molar-refractivity contribution in [3.8, 4) is 0 Å². The fraction of sp³-hybridized carbons (Fsp3) is 1.00. The van der Waals surface area contributed by atoms with Gasteiger partial charge in [-0.2, -0.15) is 0 Å². The van der Waals surface area contributed by atoms with Gasteiger partial charge in [0.15, 0.2) is 0 Å². The SMILES string of the molecule is C[C@H](C1CCCCC1)S(N)(=O)=O. The Kier molecular flexibility index (Phi) is 3.12. The maximum Gasteiger partial charge on any atom is 0.211 e. The average Bonchev–Trinajstić information content (AvgIpc) is 2.03. The molecule has 72 valence electrons. The third-order valence-corrected chi connectivity index (χ3v) is 4.25. The van der Waals surface area contributed by atoms with Gasteiger partial charge in [0.2, 0.25) is 10.0 Å². The third kappa shape index (κ3) is 2.45. The van der Waals surface area contributed by atoms with Crippen LogP contribution in [0.2, 0.25) is 0 Å². The van der Waals surface area contributed by atoms with Gasteiger partial charge in [0.05, 0.1) is 5.25 Å². The number of sulfonamides is 1. The first kappa shape index (κ1) is 9.99. The summed E-state index contributed by atoms with van der Waals surface area (Å²) in [4.78, 5) is 0. The molecule has 0 spiro atoms. The summed E-state index contributed by atoms with van der Waals surface area (Å²) in [5.74, 6) is 0.300. The average molecular weight is 191 g/mol. The van der Waals surface area contributed by atoms with Crippen molar-refractivity contribution < 1.29 is 8.42 Å². The molecule has 1 aliphatic rings. The van der Waals surface area contributed by atoms with Gasteiger partial charge in [0.1, 0.15) is 0 Å². The minimum Gasteiger partial charge on any atom is -0.228 e. The first-order valence-electron chi connectivity index (χ1n) is 4.53. The molecule has 0 aliphatic heterocycles. The highest BCUT2D eigenvalue weighted by molar-refractivity contribution is 7.89. The molecule has 0 aromatic carbocycles. The van der Waals surface area contributed by atoms with E-state index in [9.17, 15) is 8.42 Å². The van der Waals surface area contributed by atoms with E-state index in [0.717, 1.165) is 25.7 Å². The van der Waals surface area contributed by atoms with E-state index in [1.165, 1.54) is 6.42 Å². The van der Waals surface area contributed by atoms with Crippen LogP contribution in [0, 0.1) is 5.92 Å². The normalized spacial score (nSPS) is 23.8. The van der Waals surface area contributed by atoms with Gasteiger partial charge in [-0.1, -0.05) is 19.3 Å². The summed E-state index contributed by atoms with van der Waals surface area (Å²) in [5, 5.41) is 4.73. The summed E-state index contributed by atoms with van der Waals surface area (Å²) in [7, 11) is -3.30. The number of nitrogens with two attached hydrogens (primary N) is 1. The summed E-state index contributed by atoms with van der Waals surface area (Å²) in [6.07, 6.45) is 5.61. The molecular formula is C8H17NO2S. The molecule has 1 aliphatic carbocycles. The molecular weight excluding hydrogens is 174 g/mol. The van der Waals surface area contributed by atoms with Crippen LogP contribution in [0.4, 0.5) is 0 Å². The number of hydrogen-bond donors (Lipinski definition) is 1. The van der Waals surface area contributed by atoms with Crippen LogP contribution in [0.25, 0.3) is 0 Å². The molecule has 0 bridgehead atoms. The van der Waals surface area contributed by atoms with Crippen molar-refractivity contribution in [1.82, 2.24) is 0 Å². The van der Waals surface area contributed by atoms with E-state index in [2.05, 4.69) is 0 Å². The van der Waals surface area contributed by atoms with Crippen LogP contribution in [-0.2, 0) is 10.0 Å². The molecule has 0 unspecified atom stereocenters. The highest BCUT2D eigenvalue weighted by Crippen LogP contribution is 2.28. The Labute approximate surface area is 74.4 Å². The molecule has 0 aromatic heterocycles. The van der Waals surface area contributed by atoms with Crippen molar-refractivity contribution in [2.45, 2.75) is 44.3 Å². The van der Waals surface area contributed by atoms with Crippen LogP contribution < -0.4 is 5.14 Å². The summed E-state index contributed by atoms with van der Waals surface area (Å²) in [6, 6.07) is 0. The molecule has 3 nitrogen and oxygen atoms in total. The van der Waals surface area contributed by atoms with Gasteiger partial charge in [-0.25, -0.2) is 13.6 Å². The van der Waals surface area contributed by atoms with Gasteiger partial charge in [-0.05, 0) is 25.7 Å². The highest BCUT2D eigenvalue weighted by Gasteiger charge is 2.27. The lowest BCUT2D eigenvalue weighted by Crippen LogP contribution is -2.33. The monoisotopic (exact) mass is 191 g/mol. The van der Waals surface area contributed by atoms with E-state index in [0.29, 0.717) is 5.92 Å². The van der Waals surface area contributed by atoms with Gasteiger partial charge >= 0.3 is 0 Å². The van der Waals surface area contributed by atoms with Crippen LogP contribution >= 0.6 is 0 Å². The van der Waals surface area contributed by atoms with Gasteiger partial charge in [-0.15, -0.1) is 0 Å². The van der Waals surface area contributed by atoms with E-state index in [4.69, 9.17) is 5.14 Å². The van der Waals surface area contributed by atoms with Crippen molar-refractivity contribution in [2.75, 3.05) is 0 Å². The molecule has 0 radical (unpaired) electrons. The zero-order chi connectivity index (χ0) is 9.19. The van der Waals surface area contributed by atoms with Crippen molar-refractivity contribution in [2.24, 2.45) is 11.1 Å². The van der Waals surface area contributed by atoms with Crippen LogP contribution in [0.1, 0.15) is 39.0 Å². The Morgan fingerprint density at radius 2 is 1.75 bits per heavy atom. The maximum absolute atomic E-state index is 11.0. The summed E-state index contributed by atoms with van der Waals surface area (Å²) >= 11 is 0. The zero-order valence-corrected chi connectivity index (χ0v) is 8.31. The minimum atomic E-state index is -3.30. The predicted molar refractivity (Wildman–Crippen MR) is 49.1 cm³/mol. The Morgan fingerprint density at radius 1 is 1.25 bits per heavy atom. The van der Waals surface area contributed by atoms with Crippen molar-refractivity contribution in [3.05, 3.63) is 0 Å². The first-order chi connectivity index (χ1) is 5.52. The molecule has 12 heavy (non-hydrogen) atoms. The number of rotatable bonds is 2. The summed E-state index contributed by atoms with van der Waals surface area (Å²) < 4.78 is 22.0. The second-order valence-electron chi connectivity index (χ2n) is 3.69. The number of hydrogen-bond acceptors (Lipinski definition) is 2. The highest BCUT2D eigenvalue weighted by atomic mass is 32.2. The quantitative estimate of drug-likeness (QED) is 0.714. The molecule has 1 atom stereocenters. The second kappa shape index (κ2) is 3.75. The molecule has 0 aromatic rings. The second-order valence-corrected chi connectivity index (χ2v) is 5.61. The molecule has 2 N–H and O–H groups in total. The van der Waals surface area contributed by atoms with Crippen molar-refractivity contribution >= 4 is 10.0 Å². The molecule has 0 heterocycles. The van der Waals surface area contributed by atoms with Crippen LogP contribution in [0.15, 0.2) is 0 Å². The maximum atomic E-state index is 11.0. The lowest BCUT2D eigenvalue weighted by molar-refractivity contribution is 0.348. The molecule has 4 heteroatoms. The Morgan fingerprint density at radius 3 is 2.17 bits per heavy atom. The molecule has 1 saturated carbocycles. The Hall–Kier alpha value is -0.0900. The zero-order valence-electron chi connectivity index (χ0n) is 7.49. The van der Waals surface area contributed by atoms with E-state index in [1.54, 1.807) is 6.92 Å². The van der Waals surface area contributed by atoms with Crippen LogP contribution in [0.3, 0.4) is 0 Å². The Balaban J connectivity index is 2.57. The summed E-state index contributed by atoms with van der Waals surface area (Å²) in [6.45, 7) is 1.73. The largest absolute Gasteiger partial charge is 0.228 e. The third-order valence-electron chi connectivity index (χ3n) is 2.83. The van der Waals surface area contributed by atoms with Crippen LogP contribution in [0.5, 0.6) is 0 Å². The molecule has 1 rings (SSSR count). The fourth-order valence-corrected chi connectivity index (χ4v) is 2.68. The van der Waals surface area contributed by atoms with Gasteiger partial charge < -0.3 is 0 Å². The fourth-order valence-electron chi connectivity index (χ4n) is 1.87. The molecule has 0 amide bonds. The standard InChI is InChI=1S/C8H17NO2S/c1-7(12(9,10)11)8-5-3-2-4-6-8/h7-8H,2-6H2,1H3,(H2,9,10,11)/t7-/m1/s1.